The SMILES string of the molecule is Cc1c(-c2ccc(-c3ccc4cccc(C(=O)Nc5nc6ccccc6s5)c4c3)nc2C(=O)O)cnn1CC12CC3(C)CC(C)(C1)CC(OCCN(CCCOC1(O[C@H]4O[C@@H](CO)[C@H](O)[C@@H](O)[C@@H]4O)O[C@H](C(=O)O)[C@@H](O)[C@H](O)[C@H]1O)C(=O)OCc1ccc(NC(=O)[C@H](CCCNC(N)=O)NC(=O)[C@@H](NC(=O)CCCCCN4C(=O)C=CC4=O)C(C)C)cc1)(C3)C2. The van der Waals surface area contributed by atoms with Crippen molar-refractivity contribution < 1.29 is 122 Å². The molecule has 4 aromatic carbocycles. The second-order valence-electron chi connectivity index (χ2n) is 34.5. The first-order valence-corrected chi connectivity index (χ1v) is 42.5. The molecule has 16 N–H and O–H groups in total. The van der Waals surface area contributed by atoms with E-state index < -0.39 is 157 Å². The van der Waals surface area contributed by atoms with Crippen LogP contribution >= 0.6 is 11.3 Å². The molecule has 4 aliphatic carbocycles. The summed E-state index contributed by atoms with van der Waals surface area (Å²) in [4.78, 5) is 143. The highest BCUT2D eigenvalue weighted by molar-refractivity contribution is 7.22. The molecule has 14 atom stereocenters. The Morgan fingerprint density at radius 3 is 2.16 bits per heavy atom. The van der Waals surface area contributed by atoms with Crippen LogP contribution in [0.4, 0.5) is 20.4 Å². The normalized spacial score (nSPS) is 26.7. The minimum atomic E-state index is -3.14. The van der Waals surface area contributed by atoms with E-state index in [-0.39, 0.29) is 93.2 Å². The largest absolute Gasteiger partial charge is 0.479 e. The molecule has 7 aromatic rings. The lowest BCUT2D eigenvalue weighted by atomic mass is 9.39. The van der Waals surface area contributed by atoms with Crippen LogP contribution in [0.3, 0.4) is 0 Å². The summed E-state index contributed by atoms with van der Waals surface area (Å²) in [5, 5.41) is 117. The standard InChI is InChI=1S/C87H106N12O25S/c1-47(2)65(95-62(101)19-7-6-10-32-98-63(102)28-29-64(98)103)76(112)93-59(17-12-30-89-80(88)117)75(111)91-52-24-20-49(21-25-52)39-119-82(118)97(31-13-34-121-87(73(109)70(107)69(106)72(123-87)78(115)116)124-79-71(108)68(105)67(104)60(38-100)122-79)33-35-120-86-43-83(4)40-84(5,44-86)42-85(41-83,45-86)46-99-48(3)56(37-90-99)53-26-27-57(92-66(53)77(113)114)51-23-22-50-14-11-15-54(55(50)36-51)74(110)96-81-94-58-16-8-9-18-61(58)125-81/h8-9,11,14-16,18,20-29,36-37,47,59-60,65,67-73,79,100,104-109H,6-7,10,12-13,17,19,30-35,38-46H2,1-5H3,(H,91,111)(H,93,112)(H,95,101)(H,113,114)(H,115,116)(H3,88,89,117)(H,94,96,110)/t59-,60-,65-,67-,68+,69-,70-,71-,72-,73+,79+,83?,84?,85?,86?,87?/m0/s1. The molecule has 4 saturated carbocycles. The predicted octanol–water partition coefficient (Wildman–Crippen LogP) is 5.35. The fraction of sp³-hybridized carbons (Fsp3) is 0.506. The van der Waals surface area contributed by atoms with Crippen molar-refractivity contribution in [2.24, 2.45) is 27.9 Å². The van der Waals surface area contributed by atoms with Gasteiger partial charge in [-0.05, 0) is 165 Å². The summed E-state index contributed by atoms with van der Waals surface area (Å²) in [5.74, 6) is -9.61. The number of fused-ring (bicyclic) bond motifs is 2. The molecule has 670 valence electrons. The van der Waals surface area contributed by atoms with Crippen LogP contribution in [0.1, 0.15) is 143 Å². The number of unbranched alkanes of at least 4 members (excludes halogenated alkanes) is 2. The summed E-state index contributed by atoms with van der Waals surface area (Å²) in [5.41, 5.74) is 7.92. The second kappa shape index (κ2) is 38.5. The van der Waals surface area contributed by atoms with Gasteiger partial charge in [-0.3, -0.25) is 48.4 Å². The lowest BCUT2D eigenvalue weighted by Crippen LogP contribution is -2.70. The number of ether oxygens (including phenoxy) is 6. The monoisotopic (exact) mass is 1750 g/mol. The van der Waals surface area contributed by atoms with Gasteiger partial charge in [-0.1, -0.05) is 94.0 Å². The molecule has 125 heavy (non-hydrogen) atoms. The van der Waals surface area contributed by atoms with Gasteiger partial charge in [-0.15, -0.1) is 0 Å². The van der Waals surface area contributed by atoms with Gasteiger partial charge in [-0.25, -0.2) is 29.1 Å². The lowest BCUT2D eigenvalue weighted by Gasteiger charge is -2.69. The fourth-order valence-corrected chi connectivity index (χ4v) is 20.1. The number of aromatic carboxylic acids is 1. The van der Waals surface area contributed by atoms with E-state index in [0.717, 1.165) is 39.8 Å². The molecule has 4 bridgehead atoms. The summed E-state index contributed by atoms with van der Waals surface area (Å²) >= 11 is 1.36. The molecule has 14 rings (SSSR count). The smallest absolute Gasteiger partial charge is 0.410 e. The number of carboxylic acids is 2. The van der Waals surface area contributed by atoms with Crippen molar-refractivity contribution in [2.45, 2.75) is 210 Å². The van der Waals surface area contributed by atoms with Crippen molar-refractivity contribution in [3.63, 3.8) is 0 Å². The maximum atomic E-state index is 14.7. The number of pyridine rings is 1. The number of aromatic nitrogens is 4. The summed E-state index contributed by atoms with van der Waals surface area (Å²) in [6.45, 7) is 8.20. The van der Waals surface area contributed by atoms with Crippen LogP contribution in [0.5, 0.6) is 0 Å². The zero-order chi connectivity index (χ0) is 89.6. The zero-order valence-electron chi connectivity index (χ0n) is 69.7. The number of nitrogens with zero attached hydrogens (tertiary/aromatic N) is 6. The Morgan fingerprint density at radius 1 is 0.728 bits per heavy atom. The van der Waals surface area contributed by atoms with Crippen molar-refractivity contribution in [2.75, 3.05) is 56.6 Å². The molecule has 3 unspecified atom stereocenters. The Labute approximate surface area is 721 Å². The van der Waals surface area contributed by atoms with E-state index in [0.29, 0.717) is 94.8 Å². The number of para-hydroxylation sites is 1. The third kappa shape index (κ3) is 21.0. The molecule has 38 heteroatoms. The van der Waals surface area contributed by atoms with E-state index in [1.54, 1.807) is 56.4 Å². The van der Waals surface area contributed by atoms with Crippen molar-refractivity contribution in [3.05, 3.63) is 138 Å². The third-order valence-electron chi connectivity index (χ3n) is 24.1. The summed E-state index contributed by atoms with van der Waals surface area (Å²) in [6.07, 6.45) is -10.3. The maximum absolute atomic E-state index is 14.7. The van der Waals surface area contributed by atoms with Crippen molar-refractivity contribution in [3.8, 4) is 22.4 Å². The van der Waals surface area contributed by atoms with E-state index in [2.05, 4.69) is 45.4 Å². The molecule has 3 aliphatic heterocycles. The van der Waals surface area contributed by atoms with Crippen molar-refractivity contribution >= 4 is 103 Å². The first-order chi connectivity index (χ1) is 59.5. The van der Waals surface area contributed by atoms with Gasteiger partial charge in [0, 0.05) is 84.9 Å². The molecule has 6 heterocycles. The Hall–Kier alpha value is -10.8. The molecular formula is C87H106N12O25S. The molecule has 0 radical (unpaired) electrons. The minimum Gasteiger partial charge on any atom is -0.479 e. The number of hydrogen-bond acceptors (Lipinski definition) is 27. The van der Waals surface area contributed by atoms with Crippen LogP contribution in [0.15, 0.2) is 115 Å². The number of aliphatic hydroxyl groups excluding tert-OH is 7. The number of carboxylic acid groups (broad SMARTS) is 2. The number of carbonyl (C=O) groups is 10. The Kier molecular flexibility index (Phi) is 28.3. The second-order valence-corrected chi connectivity index (χ2v) is 35.5. The van der Waals surface area contributed by atoms with E-state index >= 15 is 0 Å². The highest BCUT2D eigenvalue weighted by Gasteiger charge is 2.67. The van der Waals surface area contributed by atoms with Crippen LogP contribution in [-0.2, 0) is 70.3 Å². The van der Waals surface area contributed by atoms with Gasteiger partial charge in [0.25, 0.3) is 17.7 Å². The van der Waals surface area contributed by atoms with Gasteiger partial charge in [0.05, 0.1) is 47.5 Å². The van der Waals surface area contributed by atoms with Crippen molar-refractivity contribution in [1.82, 2.24) is 45.5 Å². The number of aliphatic hydroxyl groups is 7. The molecule has 7 aliphatic rings. The first-order valence-electron chi connectivity index (χ1n) is 41.7. The number of carbonyl (C=O) groups excluding carboxylic acids is 8. The number of benzene rings is 4. The Morgan fingerprint density at radius 2 is 1.46 bits per heavy atom. The minimum absolute atomic E-state index is 0.0153. The number of nitrogens with two attached hydrogens (primary N) is 1. The van der Waals surface area contributed by atoms with E-state index in [4.69, 9.17) is 44.2 Å². The molecule has 9 amide bonds. The number of imide groups is 1. The average Bonchev–Trinajstić information content (AvgIpc) is 0.990. The van der Waals surface area contributed by atoms with Crippen LogP contribution in [0.25, 0.3) is 43.4 Å². The van der Waals surface area contributed by atoms with Crippen LogP contribution in [0, 0.1) is 29.1 Å². The quantitative estimate of drug-likeness (QED) is 0.0132. The number of nitrogens with one attached hydrogen (secondary N) is 5. The summed E-state index contributed by atoms with van der Waals surface area (Å²) < 4.78 is 38.8. The van der Waals surface area contributed by atoms with E-state index in [9.17, 15) is 93.9 Å². The number of aliphatic carboxylic acids is 1. The van der Waals surface area contributed by atoms with Gasteiger partial charge >= 0.3 is 30.0 Å². The molecular weight excluding hydrogens is 1650 g/mol. The third-order valence-corrected chi connectivity index (χ3v) is 25.1. The van der Waals surface area contributed by atoms with Gasteiger partial charge in [0.1, 0.15) is 55.3 Å². The molecule has 6 fully saturated rings. The molecule has 2 saturated heterocycles. The van der Waals surface area contributed by atoms with Crippen LogP contribution in [-0.4, -0.2) is 260 Å². The van der Waals surface area contributed by atoms with Crippen molar-refractivity contribution in [1.29, 1.82) is 0 Å². The Bertz CT molecular complexity index is 5150. The Balaban J connectivity index is 0.697. The zero-order valence-corrected chi connectivity index (χ0v) is 70.5. The van der Waals surface area contributed by atoms with Gasteiger partial charge in [0.2, 0.25) is 17.7 Å². The van der Waals surface area contributed by atoms with Crippen LogP contribution in [0.2, 0.25) is 0 Å². The highest BCUT2D eigenvalue weighted by atomic mass is 32.1. The fourth-order valence-electron chi connectivity index (χ4n) is 19.2. The van der Waals surface area contributed by atoms with E-state index in [1.807, 2.05) is 60.1 Å². The number of anilines is 2. The topological polar surface area (TPSA) is 544 Å². The molecule has 37 nitrogen and oxygen atoms in total. The predicted molar refractivity (Wildman–Crippen MR) is 448 cm³/mol. The van der Waals surface area contributed by atoms with Gasteiger partial charge in [0.15, 0.2) is 29.3 Å². The summed E-state index contributed by atoms with van der Waals surface area (Å²) in [7, 11) is 0. The number of rotatable bonds is 38. The molecule has 0 spiro atoms. The van der Waals surface area contributed by atoms with Gasteiger partial charge < -0.3 is 102 Å². The molecule has 3 aromatic heterocycles. The number of amides is 9. The number of urea groups is 1. The van der Waals surface area contributed by atoms with Crippen LogP contribution < -0.4 is 32.3 Å². The lowest BCUT2D eigenvalue weighted by molar-refractivity contribution is -0.494. The number of primary amides is 1. The number of hydrogen-bond donors (Lipinski definition) is 15. The first kappa shape index (κ1) is 91.8. The highest BCUT2D eigenvalue weighted by Crippen LogP contribution is 2.72. The maximum Gasteiger partial charge on any atom is 0.410 e. The average molecular weight is 1750 g/mol. The van der Waals surface area contributed by atoms with Gasteiger partial charge in [-0.2, -0.15) is 5.10 Å². The number of thiazole rings is 1. The summed E-state index contributed by atoms with van der Waals surface area (Å²) in [6, 6.07) is 25.1. The van der Waals surface area contributed by atoms with E-state index in [1.165, 1.54) is 40.5 Å².